The predicted octanol–water partition coefficient (Wildman–Crippen LogP) is 3.62. The first-order valence-corrected chi connectivity index (χ1v) is 9.32. The summed E-state index contributed by atoms with van der Waals surface area (Å²) in [5.41, 5.74) is 4.42. The van der Waals surface area contributed by atoms with Gasteiger partial charge in [-0.2, -0.15) is 5.10 Å². The molecule has 0 aromatic heterocycles. The first-order chi connectivity index (χ1) is 12.5. The molecule has 1 amide bonds. The highest BCUT2D eigenvalue weighted by Crippen LogP contribution is 2.24. The second kappa shape index (κ2) is 9.42. The molecule has 2 aromatic carbocycles. The number of benzene rings is 2. The minimum absolute atomic E-state index is 0.117. The summed E-state index contributed by atoms with van der Waals surface area (Å²) < 4.78 is 6.01. The van der Waals surface area contributed by atoms with Crippen LogP contribution in [0, 0.1) is 3.57 Å². The van der Waals surface area contributed by atoms with Crippen molar-refractivity contribution < 1.29 is 14.6 Å². The van der Waals surface area contributed by atoms with Crippen molar-refractivity contribution in [3.05, 3.63) is 51.1 Å². The summed E-state index contributed by atoms with van der Waals surface area (Å²) in [4.78, 5) is 14.3. The van der Waals surface area contributed by atoms with Gasteiger partial charge in [-0.05, 0) is 66.8 Å². The third-order valence-corrected chi connectivity index (χ3v) is 4.77. The van der Waals surface area contributed by atoms with Crippen molar-refractivity contribution in [2.45, 2.75) is 13.8 Å². The van der Waals surface area contributed by atoms with Crippen LogP contribution in [0.5, 0.6) is 11.5 Å². The molecule has 0 saturated carbocycles. The molecule has 0 spiro atoms. The highest BCUT2D eigenvalue weighted by Gasteiger charge is 2.09. The lowest BCUT2D eigenvalue weighted by molar-refractivity contribution is 0.0955. The molecule has 0 radical (unpaired) electrons. The van der Waals surface area contributed by atoms with Gasteiger partial charge in [0.15, 0.2) is 0 Å². The topological polar surface area (TPSA) is 74.2 Å². The van der Waals surface area contributed by atoms with E-state index in [2.05, 4.69) is 51.9 Å². The average Bonchev–Trinajstić information content (AvgIpc) is 2.64. The number of carbonyl (C=O) groups is 1. The Balaban J connectivity index is 2.06. The summed E-state index contributed by atoms with van der Waals surface area (Å²) in [5, 5.41) is 14.1. The predicted molar refractivity (Wildman–Crippen MR) is 112 cm³/mol. The van der Waals surface area contributed by atoms with Gasteiger partial charge >= 0.3 is 0 Å². The van der Waals surface area contributed by atoms with Gasteiger partial charge in [0.1, 0.15) is 11.5 Å². The summed E-state index contributed by atoms with van der Waals surface area (Å²) in [6, 6.07) is 10.5. The first kappa shape index (κ1) is 20.0. The van der Waals surface area contributed by atoms with E-state index in [-0.39, 0.29) is 11.7 Å². The number of phenolic OH excluding ortho intramolecular Hbond substituents is 1. The Hall–Kier alpha value is -2.29. The van der Waals surface area contributed by atoms with Gasteiger partial charge < -0.3 is 14.7 Å². The van der Waals surface area contributed by atoms with E-state index in [1.807, 2.05) is 6.07 Å². The van der Waals surface area contributed by atoms with Crippen LogP contribution in [0.15, 0.2) is 41.5 Å². The van der Waals surface area contributed by atoms with Gasteiger partial charge in [-0.15, -0.1) is 0 Å². The SMILES string of the molecule is CCN(CC)c1ccc(/C=N\NC(=O)c2ccc(OC)c(I)c2)c(O)c1. The zero-order valence-electron chi connectivity index (χ0n) is 15.0. The summed E-state index contributed by atoms with van der Waals surface area (Å²) in [7, 11) is 1.58. The maximum Gasteiger partial charge on any atom is 0.271 e. The highest BCUT2D eigenvalue weighted by atomic mass is 127. The maximum absolute atomic E-state index is 12.2. The molecule has 0 saturated heterocycles. The molecule has 0 heterocycles. The molecule has 0 aliphatic rings. The van der Waals surface area contributed by atoms with Crippen molar-refractivity contribution in [1.29, 1.82) is 0 Å². The fourth-order valence-electron chi connectivity index (χ4n) is 2.46. The third kappa shape index (κ3) is 4.87. The molecule has 26 heavy (non-hydrogen) atoms. The number of carbonyl (C=O) groups excluding carboxylic acids is 1. The Labute approximate surface area is 167 Å². The Morgan fingerprint density at radius 2 is 2.00 bits per heavy atom. The van der Waals surface area contributed by atoms with Crippen molar-refractivity contribution in [3.8, 4) is 11.5 Å². The molecular formula is C19H22IN3O3. The number of aromatic hydroxyl groups is 1. The number of amides is 1. The zero-order chi connectivity index (χ0) is 19.1. The number of hydrazone groups is 1. The van der Waals surface area contributed by atoms with E-state index in [1.165, 1.54) is 6.21 Å². The highest BCUT2D eigenvalue weighted by molar-refractivity contribution is 14.1. The molecule has 138 valence electrons. The van der Waals surface area contributed by atoms with E-state index in [0.717, 1.165) is 22.3 Å². The van der Waals surface area contributed by atoms with E-state index in [4.69, 9.17) is 4.74 Å². The number of halogens is 1. The van der Waals surface area contributed by atoms with Gasteiger partial charge in [0.25, 0.3) is 5.91 Å². The van der Waals surface area contributed by atoms with Crippen LogP contribution in [0.4, 0.5) is 5.69 Å². The maximum atomic E-state index is 12.2. The third-order valence-electron chi connectivity index (χ3n) is 3.93. The summed E-state index contributed by atoms with van der Waals surface area (Å²) in [5.74, 6) is 0.497. The molecule has 0 atom stereocenters. The molecule has 2 N–H and O–H groups in total. The van der Waals surface area contributed by atoms with Crippen LogP contribution in [0.25, 0.3) is 0 Å². The van der Waals surface area contributed by atoms with E-state index < -0.39 is 0 Å². The number of phenols is 1. The number of hydrogen-bond donors (Lipinski definition) is 2. The van der Waals surface area contributed by atoms with Gasteiger partial charge in [-0.3, -0.25) is 4.79 Å². The summed E-state index contributed by atoms with van der Waals surface area (Å²) >= 11 is 2.10. The molecule has 0 unspecified atom stereocenters. The first-order valence-electron chi connectivity index (χ1n) is 8.25. The minimum Gasteiger partial charge on any atom is -0.507 e. The molecule has 2 aromatic rings. The molecule has 0 fully saturated rings. The number of ether oxygens (including phenoxy) is 1. The summed E-state index contributed by atoms with van der Waals surface area (Å²) in [6.45, 7) is 5.85. The molecule has 0 bridgehead atoms. The number of methoxy groups -OCH3 is 1. The van der Waals surface area contributed by atoms with Gasteiger partial charge in [0.2, 0.25) is 0 Å². The standard InChI is InChI=1S/C19H22IN3O3/c1-4-23(5-2)15-8-6-14(17(24)11-15)12-21-22-19(25)13-7-9-18(26-3)16(20)10-13/h6-12,24H,4-5H2,1-3H3,(H,22,25)/b21-12-. The second-order valence-corrected chi connectivity index (χ2v) is 6.63. The fourth-order valence-corrected chi connectivity index (χ4v) is 3.19. The lowest BCUT2D eigenvalue weighted by atomic mass is 10.2. The molecule has 0 aliphatic carbocycles. The average molecular weight is 467 g/mol. The van der Waals surface area contributed by atoms with Crippen LogP contribution >= 0.6 is 22.6 Å². The fraction of sp³-hybridized carbons (Fsp3) is 0.263. The number of anilines is 1. The van der Waals surface area contributed by atoms with E-state index >= 15 is 0 Å². The van der Waals surface area contributed by atoms with Crippen molar-refractivity contribution in [1.82, 2.24) is 5.43 Å². The van der Waals surface area contributed by atoms with Gasteiger partial charge in [-0.25, -0.2) is 5.43 Å². The van der Waals surface area contributed by atoms with Gasteiger partial charge in [0.05, 0.1) is 16.9 Å². The number of rotatable bonds is 7. The number of hydrogen-bond acceptors (Lipinski definition) is 5. The van der Waals surface area contributed by atoms with Gasteiger partial charge in [-0.1, -0.05) is 0 Å². The Kier molecular flexibility index (Phi) is 7.26. The Morgan fingerprint density at radius 1 is 1.27 bits per heavy atom. The molecule has 2 rings (SSSR count). The molecule has 6 nitrogen and oxygen atoms in total. The van der Waals surface area contributed by atoms with Gasteiger partial charge in [0, 0.05) is 36.0 Å². The lowest BCUT2D eigenvalue weighted by Gasteiger charge is -2.21. The molecule has 0 aliphatic heterocycles. The molecule has 7 heteroatoms. The van der Waals surface area contributed by atoms with Crippen molar-refractivity contribution in [2.24, 2.45) is 5.10 Å². The lowest BCUT2D eigenvalue weighted by Crippen LogP contribution is -2.21. The monoisotopic (exact) mass is 467 g/mol. The molecular weight excluding hydrogens is 445 g/mol. The van der Waals surface area contributed by atoms with Crippen LogP contribution in [0.2, 0.25) is 0 Å². The minimum atomic E-state index is -0.332. The van der Waals surface area contributed by atoms with E-state index in [0.29, 0.717) is 16.9 Å². The second-order valence-electron chi connectivity index (χ2n) is 5.46. The Morgan fingerprint density at radius 3 is 2.58 bits per heavy atom. The van der Waals surface area contributed by atoms with Crippen LogP contribution in [0.3, 0.4) is 0 Å². The number of nitrogens with zero attached hydrogens (tertiary/aromatic N) is 2. The van der Waals surface area contributed by atoms with E-state index in [9.17, 15) is 9.90 Å². The van der Waals surface area contributed by atoms with Crippen molar-refractivity contribution in [2.75, 3.05) is 25.1 Å². The van der Waals surface area contributed by atoms with E-state index in [1.54, 1.807) is 37.4 Å². The smallest absolute Gasteiger partial charge is 0.271 e. The van der Waals surface area contributed by atoms with Crippen LogP contribution in [0.1, 0.15) is 29.8 Å². The Bertz CT molecular complexity index is 805. The quantitative estimate of drug-likeness (QED) is 0.371. The zero-order valence-corrected chi connectivity index (χ0v) is 17.1. The van der Waals surface area contributed by atoms with Crippen molar-refractivity contribution >= 4 is 40.4 Å². The normalized spacial score (nSPS) is 10.8. The number of nitrogens with one attached hydrogen (secondary N) is 1. The van der Waals surface area contributed by atoms with Crippen LogP contribution in [-0.4, -0.2) is 37.4 Å². The van der Waals surface area contributed by atoms with Crippen molar-refractivity contribution in [3.63, 3.8) is 0 Å². The largest absolute Gasteiger partial charge is 0.507 e. The van der Waals surface area contributed by atoms with Crippen LogP contribution < -0.4 is 15.1 Å². The van der Waals surface area contributed by atoms with Crippen LogP contribution in [-0.2, 0) is 0 Å². The summed E-state index contributed by atoms with van der Waals surface area (Å²) in [6.07, 6.45) is 1.42.